The molecule has 2 aromatic carbocycles. The number of anilines is 1. The zero-order valence-corrected chi connectivity index (χ0v) is 19.3. The van der Waals surface area contributed by atoms with Gasteiger partial charge in [0.25, 0.3) is 0 Å². The van der Waals surface area contributed by atoms with Gasteiger partial charge >= 0.3 is 12.1 Å². The number of carboxylic acids is 1. The van der Waals surface area contributed by atoms with Gasteiger partial charge in [-0.1, -0.05) is 35.9 Å². The highest BCUT2D eigenvalue weighted by Crippen LogP contribution is 2.29. The summed E-state index contributed by atoms with van der Waals surface area (Å²) in [5.74, 6) is -0.246. The molecule has 0 amide bonds. The Morgan fingerprint density at radius 1 is 1.00 bits per heavy atom. The molecule has 10 heteroatoms. The van der Waals surface area contributed by atoms with Gasteiger partial charge in [-0.2, -0.15) is 13.2 Å². The van der Waals surface area contributed by atoms with Crippen LogP contribution in [-0.4, -0.2) is 33.2 Å². The molecule has 0 fully saturated rings. The van der Waals surface area contributed by atoms with Crippen LogP contribution < -0.4 is 9.64 Å². The predicted octanol–water partition coefficient (Wildman–Crippen LogP) is 5.64. The van der Waals surface area contributed by atoms with Crippen molar-refractivity contribution in [3.63, 3.8) is 0 Å². The van der Waals surface area contributed by atoms with E-state index in [1.807, 2.05) is 17.0 Å². The summed E-state index contributed by atoms with van der Waals surface area (Å²) in [6, 6.07) is 12.0. The fourth-order valence-electron chi connectivity index (χ4n) is 3.06. The van der Waals surface area contributed by atoms with Gasteiger partial charge in [-0.05, 0) is 55.7 Å². The van der Waals surface area contributed by atoms with Crippen LogP contribution in [0.2, 0.25) is 5.02 Å². The van der Waals surface area contributed by atoms with Crippen LogP contribution in [0.25, 0.3) is 0 Å². The lowest BCUT2D eigenvalue weighted by Gasteiger charge is -2.23. The van der Waals surface area contributed by atoms with Crippen LogP contribution in [0.15, 0.2) is 60.9 Å². The average Bonchev–Trinajstić information content (AvgIpc) is 2.77. The Balaban J connectivity index is 1.72. The van der Waals surface area contributed by atoms with Crippen LogP contribution in [-0.2, 0) is 23.9 Å². The van der Waals surface area contributed by atoms with Crippen molar-refractivity contribution >= 4 is 23.5 Å². The van der Waals surface area contributed by atoms with E-state index in [1.165, 1.54) is 38.4 Å². The molecule has 180 valence electrons. The normalized spacial score (nSPS) is 11.8. The topological polar surface area (TPSA) is 75.5 Å². The van der Waals surface area contributed by atoms with E-state index in [9.17, 15) is 23.1 Å². The first-order chi connectivity index (χ1) is 15.9. The smallest absolute Gasteiger partial charge is 0.416 e. The summed E-state index contributed by atoms with van der Waals surface area (Å²) in [7, 11) is 0. The number of aromatic nitrogens is 2. The van der Waals surface area contributed by atoms with Gasteiger partial charge < -0.3 is 14.7 Å². The first-order valence-electron chi connectivity index (χ1n) is 10.3. The minimum atomic E-state index is -4.40. The average molecular weight is 494 g/mol. The minimum Gasteiger partial charge on any atom is -0.478 e. The van der Waals surface area contributed by atoms with Crippen molar-refractivity contribution in [3.05, 3.63) is 82.6 Å². The lowest BCUT2D eigenvalue weighted by atomic mass is 10.1. The molecule has 1 aromatic heterocycles. The van der Waals surface area contributed by atoms with E-state index in [-0.39, 0.29) is 0 Å². The van der Waals surface area contributed by atoms with Crippen molar-refractivity contribution < 1.29 is 27.8 Å². The molecular weight excluding hydrogens is 471 g/mol. The fourth-order valence-corrected chi connectivity index (χ4v) is 3.16. The molecule has 6 nitrogen and oxygen atoms in total. The van der Waals surface area contributed by atoms with Crippen molar-refractivity contribution in [1.82, 2.24) is 9.97 Å². The zero-order chi connectivity index (χ0) is 24.9. The number of alkyl halides is 3. The second-order valence-corrected chi connectivity index (χ2v) is 8.57. The third kappa shape index (κ3) is 6.84. The van der Waals surface area contributed by atoms with E-state index in [1.54, 1.807) is 12.1 Å². The van der Waals surface area contributed by atoms with Gasteiger partial charge in [0.2, 0.25) is 5.95 Å². The van der Waals surface area contributed by atoms with Gasteiger partial charge in [-0.3, -0.25) is 0 Å². The molecule has 3 rings (SSSR count). The van der Waals surface area contributed by atoms with E-state index in [0.717, 1.165) is 17.7 Å². The van der Waals surface area contributed by atoms with Crippen molar-refractivity contribution in [3.8, 4) is 5.75 Å². The molecule has 3 aromatic rings. The molecule has 0 atom stereocenters. The molecule has 0 aliphatic heterocycles. The molecule has 0 bridgehead atoms. The van der Waals surface area contributed by atoms with Crippen molar-refractivity contribution in [1.29, 1.82) is 0 Å². The van der Waals surface area contributed by atoms with E-state index >= 15 is 0 Å². The number of carbonyl (C=O) groups is 1. The molecule has 0 saturated heterocycles. The molecule has 0 unspecified atom stereocenters. The molecule has 0 radical (unpaired) electrons. The molecule has 1 N–H and O–H groups in total. The number of nitrogens with zero attached hydrogens (tertiary/aromatic N) is 3. The van der Waals surface area contributed by atoms with Crippen molar-refractivity contribution in [2.24, 2.45) is 0 Å². The lowest BCUT2D eigenvalue weighted by molar-refractivity contribution is -0.152. The summed E-state index contributed by atoms with van der Waals surface area (Å²) in [6.07, 6.45) is -0.901. The summed E-state index contributed by atoms with van der Waals surface area (Å²) in [6.45, 7) is 3.71. The minimum absolute atomic E-state index is 0.299. The quantitative estimate of drug-likeness (QED) is 0.416. The number of aliphatic carboxylic acids is 1. The fraction of sp³-hybridized carbons (Fsp3) is 0.292. The Kier molecular flexibility index (Phi) is 7.66. The highest BCUT2D eigenvalue weighted by Gasteiger charge is 2.30. The van der Waals surface area contributed by atoms with Gasteiger partial charge in [0.1, 0.15) is 5.75 Å². The number of ether oxygens (including phenoxy) is 1. The zero-order valence-electron chi connectivity index (χ0n) is 18.5. The molecule has 1 heterocycles. The maximum atomic E-state index is 12.9. The van der Waals surface area contributed by atoms with Crippen molar-refractivity contribution in [2.75, 3.05) is 11.4 Å². The molecular formula is C24H23ClF3N3O3. The van der Waals surface area contributed by atoms with Gasteiger partial charge in [0, 0.05) is 13.1 Å². The number of halogens is 4. The first-order valence-corrected chi connectivity index (χ1v) is 10.7. The van der Waals surface area contributed by atoms with Crippen LogP contribution in [0.1, 0.15) is 30.5 Å². The predicted molar refractivity (Wildman–Crippen MR) is 122 cm³/mol. The van der Waals surface area contributed by atoms with E-state index in [0.29, 0.717) is 41.8 Å². The summed E-state index contributed by atoms with van der Waals surface area (Å²) < 4.78 is 44.1. The second-order valence-electron chi connectivity index (χ2n) is 8.13. The lowest BCUT2D eigenvalue weighted by Crippen LogP contribution is -2.37. The Bertz CT molecular complexity index is 1100. The Morgan fingerprint density at radius 2 is 1.56 bits per heavy atom. The van der Waals surface area contributed by atoms with Gasteiger partial charge in [-0.25, -0.2) is 14.8 Å². The molecule has 34 heavy (non-hydrogen) atoms. The van der Waals surface area contributed by atoms with Crippen LogP contribution in [0, 0.1) is 0 Å². The Hall–Kier alpha value is -3.33. The first kappa shape index (κ1) is 25.3. The van der Waals surface area contributed by atoms with E-state index < -0.39 is 23.3 Å². The van der Waals surface area contributed by atoms with E-state index in [2.05, 4.69) is 9.97 Å². The summed E-state index contributed by atoms with van der Waals surface area (Å²) >= 11 is 5.89. The molecule has 0 spiro atoms. The SMILES string of the molecule is CC(C)(Oc1ccc(CCN(Cc2ccc(C(F)(F)F)cc2)c2ncc(Cl)cn2)cc1)C(=O)O. The third-order valence-corrected chi connectivity index (χ3v) is 5.22. The number of carboxylic acid groups (broad SMARTS) is 1. The van der Waals surface area contributed by atoms with Gasteiger partial charge in [0.15, 0.2) is 5.60 Å². The highest BCUT2D eigenvalue weighted by molar-refractivity contribution is 6.30. The van der Waals surface area contributed by atoms with Crippen molar-refractivity contribution in [2.45, 2.75) is 38.6 Å². The Labute approximate surface area is 200 Å². The van der Waals surface area contributed by atoms with E-state index in [4.69, 9.17) is 16.3 Å². The summed E-state index contributed by atoms with van der Waals surface area (Å²) in [5.41, 5.74) is -0.441. The highest BCUT2D eigenvalue weighted by atomic mass is 35.5. The molecule has 0 saturated carbocycles. The second kappa shape index (κ2) is 10.3. The number of hydrogen-bond acceptors (Lipinski definition) is 5. The van der Waals surface area contributed by atoms with Gasteiger partial charge in [0.05, 0.1) is 23.0 Å². The summed E-state index contributed by atoms with van der Waals surface area (Å²) in [5, 5.41) is 9.57. The maximum absolute atomic E-state index is 12.9. The van der Waals surface area contributed by atoms with Crippen LogP contribution in [0.4, 0.5) is 19.1 Å². The van der Waals surface area contributed by atoms with Crippen LogP contribution in [0.3, 0.4) is 0 Å². The van der Waals surface area contributed by atoms with Crippen LogP contribution >= 0.6 is 11.6 Å². The standard InChI is InChI=1S/C24H23ClF3N3O3/c1-23(2,21(32)33)34-20-9-5-16(6-10-20)11-12-31(22-29-13-19(25)14-30-22)15-17-3-7-18(8-4-17)24(26,27)28/h3-10,13-14H,11-12,15H2,1-2H3,(H,32,33). The van der Waals surface area contributed by atoms with Crippen LogP contribution in [0.5, 0.6) is 5.75 Å². The number of benzene rings is 2. The largest absolute Gasteiger partial charge is 0.478 e. The number of hydrogen-bond donors (Lipinski definition) is 1. The Morgan fingerprint density at radius 3 is 2.09 bits per heavy atom. The number of rotatable bonds is 9. The molecule has 0 aliphatic carbocycles. The third-order valence-electron chi connectivity index (χ3n) is 5.03. The monoisotopic (exact) mass is 493 g/mol. The molecule has 0 aliphatic rings. The van der Waals surface area contributed by atoms with Gasteiger partial charge in [-0.15, -0.1) is 0 Å². The maximum Gasteiger partial charge on any atom is 0.416 e. The summed E-state index contributed by atoms with van der Waals surface area (Å²) in [4.78, 5) is 21.6.